The van der Waals surface area contributed by atoms with E-state index in [-0.39, 0.29) is 31.1 Å². The first-order valence-corrected chi connectivity index (χ1v) is 18.6. The van der Waals surface area contributed by atoms with E-state index in [1.165, 1.54) is 0 Å². The van der Waals surface area contributed by atoms with Gasteiger partial charge in [-0.2, -0.15) is 0 Å². The van der Waals surface area contributed by atoms with E-state index in [2.05, 4.69) is 39.6 Å². The minimum atomic E-state index is -0.899. The van der Waals surface area contributed by atoms with Crippen molar-refractivity contribution in [1.29, 1.82) is 0 Å². The quantitative estimate of drug-likeness (QED) is 0.0682. The number of carbonyl (C=O) groups is 4. The highest BCUT2D eigenvalue weighted by Gasteiger charge is 2.28. The molecule has 56 heavy (non-hydrogen) atoms. The Morgan fingerprint density at radius 3 is 1.64 bits per heavy atom. The minimum absolute atomic E-state index is 0.0969. The van der Waals surface area contributed by atoms with Crippen LogP contribution in [-0.2, 0) is 36.7 Å². The second-order valence-corrected chi connectivity index (χ2v) is 13.9. The SMILES string of the molecule is CC(C)(C)OC(=O)N[C@@H](Cc1ccccc1)C(=O)NCCC#C/C=C\C#CCCC(=O)N[C@@H](Cc1ccccc1)C(=O)OC(c1ccccc1)c1ccccc1. The predicted octanol–water partition coefficient (Wildman–Crippen LogP) is 7.03. The van der Waals surface area contributed by atoms with Gasteiger partial charge in [0, 0.05) is 38.6 Å². The summed E-state index contributed by atoms with van der Waals surface area (Å²) in [7, 11) is 0. The van der Waals surface area contributed by atoms with E-state index >= 15 is 0 Å². The Labute approximate surface area is 330 Å². The average Bonchev–Trinajstić information content (AvgIpc) is 3.19. The Hall–Kier alpha value is -6.58. The molecule has 0 saturated carbocycles. The number of amides is 3. The van der Waals surface area contributed by atoms with Gasteiger partial charge >= 0.3 is 12.1 Å². The van der Waals surface area contributed by atoms with Crippen molar-refractivity contribution in [2.75, 3.05) is 6.54 Å². The van der Waals surface area contributed by atoms with Crippen LogP contribution in [0.25, 0.3) is 0 Å². The number of ether oxygens (including phenoxy) is 2. The summed E-state index contributed by atoms with van der Waals surface area (Å²) in [6.07, 6.45) is 3.24. The molecule has 4 aromatic carbocycles. The molecule has 0 heterocycles. The van der Waals surface area contributed by atoms with Crippen LogP contribution in [0.2, 0.25) is 0 Å². The lowest BCUT2D eigenvalue weighted by atomic mass is 10.0. The predicted molar refractivity (Wildman–Crippen MR) is 218 cm³/mol. The summed E-state index contributed by atoms with van der Waals surface area (Å²) in [6, 6.07) is 36.2. The summed E-state index contributed by atoms with van der Waals surface area (Å²) in [6.45, 7) is 5.57. The number of hydrogen-bond acceptors (Lipinski definition) is 6. The molecule has 4 rings (SSSR count). The molecule has 9 nitrogen and oxygen atoms in total. The molecular formula is C47H49N3O6. The Morgan fingerprint density at radius 1 is 0.643 bits per heavy atom. The van der Waals surface area contributed by atoms with Gasteiger partial charge < -0.3 is 25.4 Å². The van der Waals surface area contributed by atoms with Crippen molar-refractivity contribution in [3.63, 3.8) is 0 Å². The first kappa shape index (κ1) is 42.2. The molecule has 0 unspecified atom stereocenters. The van der Waals surface area contributed by atoms with Crippen molar-refractivity contribution in [2.45, 2.75) is 76.7 Å². The number of allylic oxidation sites excluding steroid dienone is 2. The largest absolute Gasteiger partial charge is 0.451 e. The molecule has 0 aliphatic heterocycles. The second kappa shape index (κ2) is 22.6. The van der Waals surface area contributed by atoms with Crippen LogP contribution in [0.3, 0.4) is 0 Å². The number of hydrogen-bond donors (Lipinski definition) is 3. The third-order valence-corrected chi connectivity index (χ3v) is 8.11. The lowest BCUT2D eigenvalue weighted by Gasteiger charge is -2.23. The summed E-state index contributed by atoms with van der Waals surface area (Å²) >= 11 is 0. The zero-order valence-corrected chi connectivity index (χ0v) is 32.1. The highest BCUT2D eigenvalue weighted by molar-refractivity contribution is 5.86. The Kier molecular flexibility index (Phi) is 17.0. The average molecular weight is 752 g/mol. The maximum atomic E-state index is 13.7. The van der Waals surface area contributed by atoms with E-state index in [9.17, 15) is 19.2 Å². The van der Waals surface area contributed by atoms with Crippen LogP contribution in [0.15, 0.2) is 133 Å². The molecule has 0 radical (unpaired) electrons. The van der Waals surface area contributed by atoms with E-state index < -0.39 is 35.9 Å². The monoisotopic (exact) mass is 751 g/mol. The van der Waals surface area contributed by atoms with E-state index in [1.54, 1.807) is 32.9 Å². The summed E-state index contributed by atoms with van der Waals surface area (Å²) < 4.78 is 11.4. The summed E-state index contributed by atoms with van der Waals surface area (Å²) in [5.74, 6) is 10.5. The fourth-order valence-electron chi connectivity index (χ4n) is 5.49. The number of nitrogens with one attached hydrogen (secondary N) is 3. The van der Waals surface area contributed by atoms with Gasteiger partial charge in [0.15, 0.2) is 6.10 Å². The van der Waals surface area contributed by atoms with Crippen LogP contribution in [0.5, 0.6) is 0 Å². The van der Waals surface area contributed by atoms with Crippen molar-refractivity contribution in [3.8, 4) is 23.7 Å². The smallest absolute Gasteiger partial charge is 0.408 e. The minimum Gasteiger partial charge on any atom is -0.451 e. The van der Waals surface area contributed by atoms with Crippen LogP contribution in [0.4, 0.5) is 4.79 Å². The van der Waals surface area contributed by atoms with Gasteiger partial charge in [0.05, 0.1) is 0 Å². The Bertz CT molecular complexity index is 1970. The van der Waals surface area contributed by atoms with E-state index in [0.29, 0.717) is 19.4 Å². The molecule has 4 aromatic rings. The van der Waals surface area contributed by atoms with E-state index in [4.69, 9.17) is 9.47 Å². The molecule has 3 N–H and O–H groups in total. The second-order valence-electron chi connectivity index (χ2n) is 13.9. The van der Waals surface area contributed by atoms with Gasteiger partial charge in [0.2, 0.25) is 11.8 Å². The Morgan fingerprint density at radius 2 is 1.12 bits per heavy atom. The summed E-state index contributed by atoms with van der Waals surface area (Å²) in [5.41, 5.74) is 2.75. The summed E-state index contributed by atoms with van der Waals surface area (Å²) in [5, 5.41) is 8.37. The third-order valence-electron chi connectivity index (χ3n) is 8.11. The van der Waals surface area contributed by atoms with Crippen molar-refractivity contribution in [3.05, 3.63) is 156 Å². The standard InChI is InChI=1S/C47H49N3O6/c1-47(2,3)56-46(54)50-40(34-36-24-14-10-15-25-36)44(52)48-33-23-9-7-5-4-6-8-22-32-42(51)49-41(35-37-26-16-11-17-27-37)45(53)55-43(38-28-18-12-19-29-38)39-30-20-13-21-31-39/h4-5,10-21,24-31,40-41,43H,22-23,32-35H2,1-3H3,(H,48,52)(H,49,51)(H,50,54)/b5-4-/t40-,41-/m0/s1. The molecule has 288 valence electrons. The summed E-state index contributed by atoms with van der Waals surface area (Å²) in [4.78, 5) is 52.0. The lowest BCUT2D eigenvalue weighted by Crippen LogP contribution is -2.49. The van der Waals surface area contributed by atoms with Crippen LogP contribution >= 0.6 is 0 Å². The molecule has 0 aliphatic carbocycles. The molecule has 9 heteroatoms. The van der Waals surface area contributed by atoms with Crippen molar-refractivity contribution in [1.82, 2.24) is 16.0 Å². The van der Waals surface area contributed by atoms with Gasteiger partial charge in [0.1, 0.15) is 17.7 Å². The molecule has 0 fully saturated rings. The first-order valence-electron chi connectivity index (χ1n) is 18.6. The fourth-order valence-corrected chi connectivity index (χ4v) is 5.49. The van der Waals surface area contributed by atoms with Crippen molar-refractivity contribution < 1.29 is 28.7 Å². The van der Waals surface area contributed by atoms with Gasteiger partial charge in [-0.1, -0.05) is 145 Å². The maximum Gasteiger partial charge on any atom is 0.408 e. The normalized spacial score (nSPS) is 11.9. The third kappa shape index (κ3) is 15.8. The van der Waals surface area contributed by atoms with E-state index in [0.717, 1.165) is 22.3 Å². The van der Waals surface area contributed by atoms with Crippen LogP contribution in [-0.4, -0.2) is 48.1 Å². The molecule has 3 amide bonds. The molecule has 0 aromatic heterocycles. The van der Waals surface area contributed by atoms with Gasteiger partial charge in [-0.25, -0.2) is 9.59 Å². The van der Waals surface area contributed by atoms with Crippen molar-refractivity contribution >= 4 is 23.9 Å². The number of carbonyl (C=O) groups excluding carboxylic acids is 4. The first-order chi connectivity index (χ1) is 27.1. The number of esters is 1. The number of rotatable bonds is 15. The highest BCUT2D eigenvalue weighted by atomic mass is 16.6. The molecule has 0 bridgehead atoms. The highest BCUT2D eigenvalue weighted by Crippen LogP contribution is 2.26. The fraction of sp³-hybridized carbons (Fsp3) is 0.277. The number of alkyl carbamates (subject to hydrolysis) is 1. The Balaban J connectivity index is 1.25. The number of benzene rings is 4. The zero-order valence-electron chi connectivity index (χ0n) is 32.1. The molecule has 0 spiro atoms. The van der Waals surface area contributed by atoms with Gasteiger partial charge in [0.25, 0.3) is 0 Å². The van der Waals surface area contributed by atoms with Gasteiger partial charge in [-0.15, -0.1) is 0 Å². The van der Waals surface area contributed by atoms with Crippen LogP contribution in [0.1, 0.15) is 68.4 Å². The van der Waals surface area contributed by atoms with Crippen LogP contribution in [0, 0.1) is 23.7 Å². The van der Waals surface area contributed by atoms with Crippen molar-refractivity contribution in [2.24, 2.45) is 0 Å². The molecule has 0 aliphatic rings. The van der Waals surface area contributed by atoms with Gasteiger partial charge in [-0.05, 0) is 55.2 Å². The topological polar surface area (TPSA) is 123 Å². The van der Waals surface area contributed by atoms with E-state index in [1.807, 2.05) is 121 Å². The molecule has 2 atom stereocenters. The molecule has 0 saturated heterocycles. The lowest BCUT2D eigenvalue weighted by molar-refractivity contribution is -0.151. The van der Waals surface area contributed by atoms with Gasteiger partial charge in [-0.3, -0.25) is 9.59 Å². The molecular weight excluding hydrogens is 703 g/mol. The zero-order chi connectivity index (χ0) is 40.0. The van der Waals surface area contributed by atoms with Crippen LogP contribution < -0.4 is 16.0 Å². The maximum absolute atomic E-state index is 13.7.